The Bertz CT molecular complexity index is 941. The summed E-state index contributed by atoms with van der Waals surface area (Å²) in [4.78, 5) is 21.4. The molecule has 0 saturated carbocycles. The number of amides is 1. The molecular formula is C24H27F2N3O. The minimum atomic E-state index is -0.414. The van der Waals surface area contributed by atoms with Gasteiger partial charge in [0.05, 0.1) is 0 Å². The molecule has 4 rings (SSSR count). The molecule has 2 aliphatic rings. The number of carbonyl (C=O) groups is 1. The summed E-state index contributed by atoms with van der Waals surface area (Å²) in [5.74, 6) is -0.776. The summed E-state index contributed by atoms with van der Waals surface area (Å²) in [6.07, 6.45) is 7.10. The fourth-order valence-corrected chi connectivity index (χ4v) is 4.46. The van der Waals surface area contributed by atoms with Gasteiger partial charge in [0, 0.05) is 44.0 Å². The van der Waals surface area contributed by atoms with Crippen LogP contribution < -0.4 is 0 Å². The smallest absolute Gasteiger partial charge is 0.272 e. The summed E-state index contributed by atoms with van der Waals surface area (Å²) in [7, 11) is 0. The predicted octanol–water partition coefficient (Wildman–Crippen LogP) is 4.45. The molecule has 1 amide bonds. The molecule has 30 heavy (non-hydrogen) atoms. The van der Waals surface area contributed by atoms with Crippen molar-refractivity contribution < 1.29 is 13.6 Å². The van der Waals surface area contributed by atoms with E-state index in [0.29, 0.717) is 17.3 Å². The minimum Gasteiger partial charge on any atom is -0.337 e. The highest BCUT2D eigenvalue weighted by Gasteiger charge is 2.29. The van der Waals surface area contributed by atoms with Crippen LogP contribution in [0.15, 0.2) is 42.1 Å². The number of carbonyl (C=O) groups excluding carboxylic acids is 1. The van der Waals surface area contributed by atoms with Gasteiger partial charge in [-0.3, -0.25) is 14.7 Å². The third-order valence-corrected chi connectivity index (χ3v) is 6.24. The zero-order chi connectivity index (χ0) is 21.1. The molecule has 0 N–H and O–H groups in total. The normalized spacial score (nSPS) is 18.5. The molecule has 4 nitrogen and oxygen atoms in total. The Labute approximate surface area is 176 Å². The number of hydrogen-bond donors (Lipinski definition) is 0. The first-order chi connectivity index (χ1) is 14.5. The number of aryl methyl sites for hydroxylation is 1. The molecule has 1 aromatic heterocycles. The van der Waals surface area contributed by atoms with Crippen molar-refractivity contribution in [3.8, 4) is 0 Å². The van der Waals surface area contributed by atoms with E-state index in [9.17, 15) is 13.6 Å². The van der Waals surface area contributed by atoms with Gasteiger partial charge in [-0.15, -0.1) is 0 Å². The highest BCUT2D eigenvalue weighted by molar-refractivity contribution is 5.93. The second-order valence-corrected chi connectivity index (χ2v) is 8.20. The Morgan fingerprint density at radius 1 is 1.10 bits per heavy atom. The van der Waals surface area contributed by atoms with Gasteiger partial charge in [-0.2, -0.15) is 0 Å². The molecule has 2 aromatic rings. The van der Waals surface area contributed by atoms with E-state index in [1.54, 1.807) is 12.3 Å². The van der Waals surface area contributed by atoms with E-state index in [1.807, 2.05) is 24.0 Å². The molecule has 1 aromatic carbocycles. The van der Waals surface area contributed by atoms with Gasteiger partial charge in [-0.1, -0.05) is 17.7 Å². The van der Waals surface area contributed by atoms with Crippen molar-refractivity contribution >= 4 is 12.0 Å². The van der Waals surface area contributed by atoms with Gasteiger partial charge in [0.2, 0.25) is 0 Å². The topological polar surface area (TPSA) is 36.4 Å². The first-order valence-corrected chi connectivity index (χ1v) is 10.6. The number of aromatic nitrogens is 1. The molecular weight excluding hydrogens is 384 g/mol. The van der Waals surface area contributed by atoms with E-state index in [-0.39, 0.29) is 11.7 Å². The van der Waals surface area contributed by atoms with Crippen LogP contribution in [0.2, 0.25) is 0 Å². The van der Waals surface area contributed by atoms with Gasteiger partial charge in [-0.05, 0) is 62.4 Å². The van der Waals surface area contributed by atoms with Crippen molar-refractivity contribution in [2.24, 2.45) is 0 Å². The first-order valence-electron chi connectivity index (χ1n) is 10.6. The van der Waals surface area contributed by atoms with E-state index in [0.717, 1.165) is 69.1 Å². The van der Waals surface area contributed by atoms with E-state index >= 15 is 0 Å². The fourth-order valence-electron chi connectivity index (χ4n) is 4.46. The van der Waals surface area contributed by atoms with Gasteiger partial charge in [0.1, 0.15) is 17.3 Å². The number of benzene rings is 1. The molecule has 0 atom stereocenters. The lowest BCUT2D eigenvalue weighted by Crippen LogP contribution is -2.48. The Kier molecular flexibility index (Phi) is 6.23. The average Bonchev–Trinajstić information content (AvgIpc) is 2.77. The van der Waals surface area contributed by atoms with Gasteiger partial charge in [0.15, 0.2) is 0 Å². The maximum absolute atomic E-state index is 13.9. The van der Waals surface area contributed by atoms with Crippen LogP contribution in [-0.4, -0.2) is 52.9 Å². The van der Waals surface area contributed by atoms with Crippen LogP contribution in [-0.2, 0) is 0 Å². The highest BCUT2D eigenvalue weighted by atomic mass is 19.1. The molecule has 0 aliphatic carbocycles. The largest absolute Gasteiger partial charge is 0.337 e. The SMILES string of the molecule is Cc1cccnc1C(=O)N1CCC(N2CCC(=Cc3cc(F)ccc3F)CC2)CC1. The summed E-state index contributed by atoms with van der Waals surface area (Å²) >= 11 is 0. The molecule has 2 fully saturated rings. The van der Waals surface area contributed by atoms with Crippen molar-refractivity contribution in [3.05, 3.63) is 70.6 Å². The van der Waals surface area contributed by atoms with Crippen LogP contribution in [0.4, 0.5) is 8.78 Å². The van der Waals surface area contributed by atoms with Crippen molar-refractivity contribution in [1.29, 1.82) is 0 Å². The summed E-state index contributed by atoms with van der Waals surface area (Å²) in [5.41, 5.74) is 2.95. The summed E-state index contributed by atoms with van der Waals surface area (Å²) in [6.45, 7) is 5.24. The van der Waals surface area contributed by atoms with Gasteiger partial charge < -0.3 is 4.90 Å². The lowest BCUT2D eigenvalue weighted by atomic mass is 9.96. The van der Waals surface area contributed by atoms with Gasteiger partial charge in [-0.25, -0.2) is 8.78 Å². The second kappa shape index (κ2) is 9.04. The fraction of sp³-hybridized carbons (Fsp3) is 0.417. The summed E-state index contributed by atoms with van der Waals surface area (Å²) < 4.78 is 27.3. The van der Waals surface area contributed by atoms with Crippen LogP contribution in [0.5, 0.6) is 0 Å². The monoisotopic (exact) mass is 411 g/mol. The lowest BCUT2D eigenvalue weighted by Gasteiger charge is -2.40. The number of likely N-dealkylation sites (tertiary alicyclic amines) is 2. The van der Waals surface area contributed by atoms with E-state index in [2.05, 4.69) is 9.88 Å². The van der Waals surface area contributed by atoms with Crippen molar-refractivity contribution in [3.63, 3.8) is 0 Å². The predicted molar refractivity (Wildman–Crippen MR) is 113 cm³/mol. The number of nitrogens with zero attached hydrogens (tertiary/aromatic N) is 3. The number of hydrogen-bond acceptors (Lipinski definition) is 3. The van der Waals surface area contributed by atoms with Gasteiger partial charge in [0.25, 0.3) is 5.91 Å². The maximum Gasteiger partial charge on any atom is 0.272 e. The van der Waals surface area contributed by atoms with Crippen molar-refractivity contribution in [2.75, 3.05) is 26.2 Å². The van der Waals surface area contributed by atoms with E-state index in [4.69, 9.17) is 0 Å². The molecule has 0 bridgehead atoms. The second-order valence-electron chi connectivity index (χ2n) is 8.20. The Balaban J connectivity index is 1.30. The summed E-state index contributed by atoms with van der Waals surface area (Å²) in [6, 6.07) is 7.81. The zero-order valence-electron chi connectivity index (χ0n) is 17.3. The van der Waals surface area contributed by atoms with E-state index in [1.165, 1.54) is 12.1 Å². The van der Waals surface area contributed by atoms with E-state index < -0.39 is 5.82 Å². The van der Waals surface area contributed by atoms with Crippen molar-refractivity contribution in [1.82, 2.24) is 14.8 Å². The molecule has 0 radical (unpaired) electrons. The van der Waals surface area contributed by atoms with Crippen LogP contribution in [0.3, 0.4) is 0 Å². The third-order valence-electron chi connectivity index (χ3n) is 6.24. The highest BCUT2D eigenvalue weighted by Crippen LogP contribution is 2.26. The van der Waals surface area contributed by atoms with Gasteiger partial charge >= 0.3 is 0 Å². The first kappa shape index (κ1) is 20.7. The average molecular weight is 411 g/mol. The molecule has 2 saturated heterocycles. The number of halogens is 2. The lowest BCUT2D eigenvalue weighted by molar-refractivity contribution is 0.0602. The Morgan fingerprint density at radius 3 is 2.53 bits per heavy atom. The van der Waals surface area contributed by atoms with Crippen molar-refractivity contribution in [2.45, 2.75) is 38.6 Å². The zero-order valence-corrected chi connectivity index (χ0v) is 17.3. The van der Waals surface area contributed by atoms with Crippen LogP contribution in [0, 0.1) is 18.6 Å². The molecule has 6 heteroatoms. The number of pyridine rings is 1. The number of rotatable bonds is 3. The third kappa shape index (κ3) is 4.59. The summed E-state index contributed by atoms with van der Waals surface area (Å²) in [5, 5.41) is 0. The van der Waals surface area contributed by atoms with Crippen LogP contribution in [0.1, 0.15) is 47.3 Å². The molecule has 2 aliphatic heterocycles. The Hall–Kier alpha value is -2.60. The maximum atomic E-state index is 13.9. The molecule has 0 unspecified atom stereocenters. The van der Waals surface area contributed by atoms with Crippen LogP contribution >= 0.6 is 0 Å². The molecule has 0 spiro atoms. The molecule has 3 heterocycles. The minimum absolute atomic E-state index is 0.0209. The number of piperidine rings is 2. The standard InChI is InChI=1S/C24H27F2N3O/c1-17-3-2-10-27-23(17)24(30)29-13-8-21(9-14-29)28-11-6-18(7-12-28)15-19-16-20(25)4-5-22(19)26/h2-5,10,15-16,21H,6-9,11-14H2,1H3. The quantitative estimate of drug-likeness (QED) is 0.749. The van der Waals surface area contributed by atoms with Crippen LogP contribution in [0.25, 0.3) is 6.08 Å². The molecule has 158 valence electrons. The Morgan fingerprint density at radius 2 is 1.83 bits per heavy atom.